The number of aryl methyl sites for hydroxylation is 1. The molecule has 0 saturated heterocycles. The summed E-state index contributed by atoms with van der Waals surface area (Å²) in [5.41, 5.74) is 1.61. The van der Waals surface area contributed by atoms with Gasteiger partial charge in [0.1, 0.15) is 6.61 Å². The monoisotopic (exact) mass is 465 g/mol. The van der Waals surface area contributed by atoms with Gasteiger partial charge >= 0.3 is 12.3 Å². The molecule has 0 aliphatic rings. The summed E-state index contributed by atoms with van der Waals surface area (Å²) in [7, 11) is 1.63. The SMILES string of the molecule is CCn1ncc(Br)c1CN(C)C(=O)c1cccc(COCC(F)(F)C(F)F)c1. The van der Waals surface area contributed by atoms with E-state index in [2.05, 4.69) is 21.0 Å². The fourth-order valence-corrected chi connectivity index (χ4v) is 2.92. The Labute approximate surface area is 168 Å². The molecule has 0 aliphatic heterocycles. The molecule has 0 spiro atoms. The lowest BCUT2D eigenvalue weighted by Gasteiger charge is -2.19. The van der Waals surface area contributed by atoms with Crippen molar-refractivity contribution in [2.24, 2.45) is 0 Å². The lowest BCUT2D eigenvalue weighted by Crippen LogP contribution is -2.32. The number of alkyl halides is 4. The first-order valence-corrected chi connectivity index (χ1v) is 9.23. The second-order valence-corrected chi connectivity index (χ2v) is 7.03. The maximum atomic E-state index is 12.9. The Morgan fingerprint density at radius 3 is 2.75 bits per heavy atom. The maximum absolute atomic E-state index is 12.9. The van der Waals surface area contributed by atoms with Crippen molar-refractivity contribution >= 4 is 21.8 Å². The predicted molar refractivity (Wildman–Crippen MR) is 98.4 cm³/mol. The topological polar surface area (TPSA) is 47.4 Å². The minimum atomic E-state index is -4.21. The summed E-state index contributed by atoms with van der Waals surface area (Å²) in [6.45, 7) is 1.21. The third-order valence-electron chi connectivity index (χ3n) is 3.99. The van der Waals surface area contributed by atoms with Gasteiger partial charge in [-0.15, -0.1) is 0 Å². The van der Waals surface area contributed by atoms with Crippen LogP contribution in [0.5, 0.6) is 0 Å². The van der Waals surface area contributed by atoms with E-state index in [4.69, 9.17) is 4.74 Å². The molecule has 0 aliphatic carbocycles. The van der Waals surface area contributed by atoms with Crippen LogP contribution in [0.3, 0.4) is 0 Å². The normalized spacial score (nSPS) is 11.9. The number of benzene rings is 1. The highest BCUT2D eigenvalue weighted by atomic mass is 79.9. The van der Waals surface area contributed by atoms with Crippen molar-refractivity contribution in [3.63, 3.8) is 0 Å². The summed E-state index contributed by atoms with van der Waals surface area (Å²) in [5, 5.41) is 4.20. The molecule has 2 aromatic rings. The van der Waals surface area contributed by atoms with Gasteiger partial charge in [0.2, 0.25) is 0 Å². The van der Waals surface area contributed by atoms with Crippen LogP contribution in [0.1, 0.15) is 28.5 Å². The van der Waals surface area contributed by atoms with Crippen LogP contribution in [0, 0.1) is 0 Å². The number of aromatic nitrogens is 2. The van der Waals surface area contributed by atoms with Gasteiger partial charge in [-0.05, 0) is 40.5 Å². The minimum Gasteiger partial charge on any atom is -0.370 e. The standard InChI is InChI=1S/C18H20BrF4N3O2/c1-3-26-15(14(19)8-24-26)9-25(2)16(27)13-6-4-5-12(7-13)10-28-11-18(22,23)17(20)21/h4-8,17H,3,9-11H2,1-2H3. The molecule has 1 amide bonds. The predicted octanol–water partition coefficient (Wildman–Crippen LogP) is 4.35. The Hall–Kier alpha value is -1.94. The molecule has 28 heavy (non-hydrogen) atoms. The van der Waals surface area contributed by atoms with E-state index in [1.54, 1.807) is 36.1 Å². The van der Waals surface area contributed by atoms with Crippen molar-refractivity contribution in [2.75, 3.05) is 13.7 Å². The number of nitrogens with zero attached hydrogens (tertiary/aromatic N) is 3. The number of carbonyl (C=O) groups excluding carboxylic acids is 1. The Balaban J connectivity index is 2.02. The first kappa shape index (κ1) is 22.4. The van der Waals surface area contributed by atoms with Crippen LogP contribution in [-0.4, -0.2) is 46.6 Å². The Kier molecular flexibility index (Phi) is 7.59. The average molecular weight is 466 g/mol. The summed E-state index contributed by atoms with van der Waals surface area (Å²) in [6, 6.07) is 6.23. The van der Waals surface area contributed by atoms with E-state index in [1.165, 1.54) is 11.0 Å². The number of amides is 1. The fourth-order valence-electron chi connectivity index (χ4n) is 2.50. The third-order valence-corrected chi connectivity index (χ3v) is 4.65. The van der Waals surface area contributed by atoms with Gasteiger partial charge < -0.3 is 9.64 Å². The number of carbonyl (C=O) groups is 1. The molecule has 10 heteroatoms. The van der Waals surface area contributed by atoms with Crippen LogP contribution in [-0.2, 0) is 24.4 Å². The molecule has 1 aromatic heterocycles. The summed E-state index contributed by atoms with van der Waals surface area (Å²) >= 11 is 3.41. The third kappa shape index (κ3) is 5.54. The second-order valence-electron chi connectivity index (χ2n) is 6.17. The van der Waals surface area contributed by atoms with Crippen LogP contribution in [0.4, 0.5) is 17.6 Å². The zero-order chi connectivity index (χ0) is 20.9. The maximum Gasteiger partial charge on any atom is 0.330 e. The van der Waals surface area contributed by atoms with Gasteiger partial charge in [-0.3, -0.25) is 9.48 Å². The van der Waals surface area contributed by atoms with Gasteiger partial charge in [-0.1, -0.05) is 12.1 Å². The van der Waals surface area contributed by atoms with Crippen LogP contribution < -0.4 is 0 Å². The molecule has 0 radical (unpaired) electrons. The van der Waals surface area contributed by atoms with E-state index in [-0.39, 0.29) is 12.5 Å². The van der Waals surface area contributed by atoms with Crippen molar-refractivity contribution in [2.45, 2.75) is 39.0 Å². The summed E-state index contributed by atoms with van der Waals surface area (Å²) in [6.07, 6.45) is -2.13. The van der Waals surface area contributed by atoms with Crippen molar-refractivity contribution in [1.82, 2.24) is 14.7 Å². The first-order valence-electron chi connectivity index (χ1n) is 8.44. The van der Waals surface area contributed by atoms with Gasteiger partial charge in [-0.25, -0.2) is 8.78 Å². The summed E-state index contributed by atoms with van der Waals surface area (Å²) in [5.74, 6) is -4.49. The fraction of sp³-hybridized carbons (Fsp3) is 0.444. The first-order chi connectivity index (χ1) is 13.2. The van der Waals surface area contributed by atoms with E-state index in [9.17, 15) is 22.4 Å². The molecule has 2 rings (SSSR count). The number of hydrogen-bond donors (Lipinski definition) is 0. The lowest BCUT2D eigenvalue weighted by molar-refractivity contribution is -0.168. The molecule has 0 fully saturated rings. The molecule has 1 aromatic carbocycles. The number of hydrogen-bond acceptors (Lipinski definition) is 3. The van der Waals surface area contributed by atoms with Crippen molar-refractivity contribution in [3.8, 4) is 0 Å². The van der Waals surface area contributed by atoms with E-state index < -0.39 is 19.0 Å². The molecule has 0 atom stereocenters. The quantitative estimate of drug-likeness (QED) is 0.517. The highest BCUT2D eigenvalue weighted by Gasteiger charge is 2.40. The highest BCUT2D eigenvalue weighted by Crippen LogP contribution is 2.23. The van der Waals surface area contributed by atoms with Crippen molar-refractivity contribution in [3.05, 3.63) is 51.8 Å². The molecular formula is C18H20BrF4N3O2. The molecule has 0 N–H and O–H groups in total. The number of halogens is 5. The average Bonchev–Trinajstić information content (AvgIpc) is 3.00. The van der Waals surface area contributed by atoms with Gasteiger partial charge in [0.15, 0.2) is 0 Å². The van der Waals surface area contributed by atoms with Gasteiger partial charge in [0.25, 0.3) is 5.91 Å². The van der Waals surface area contributed by atoms with Crippen molar-refractivity contribution in [1.29, 1.82) is 0 Å². The highest BCUT2D eigenvalue weighted by molar-refractivity contribution is 9.10. The molecule has 5 nitrogen and oxygen atoms in total. The van der Waals surface area contributed by atoms with Gasteiger partial charge in [-0.2, -0.15) is 13.9 Å². The molecule has 154 valence electrons. The lowest BCUT2D eigenvalue weighted by atomic mass is 10.1. The zero-order valence-electron chi connectivity index (χ0n) is 15.3. The van der Waals surface area contributed by atoms with Gasteiger partial charge in [0.05, 0.1) is 29.5 Å². The Bertz CT molecular complexity index is 814. The van der Waals surface area contributed by atoms with Crippen LogP contribution in [0.2, 0.25) is 0 Å². The molecule has 0 unspecified atom stereocenters. The summed E-state index contributed by atoms with van der Waals surface area (Å²) in [4.78, 5) is 14.2. The van der Waals surface area contributed by atoms with E-state index in [0.29, 0.717) is 24.2 Å². The van der Waals surface area contributed by atoms with E-state index in [0.717, 1.165) is 10.2 Å². The Morgan fingerprint density at radius 1 is 1.39 bits per heavy atom. The largest absolute Gasteiger partial charge is 0.370 e. The van der Waals surface area contributed by atoms with Crippen LogP contribution in [0.15, 0.2) is 34.9 Å². The van der Waals surface area contributed by atoms with Crippen molar-refractivity contribution < 1.29 is 27.1 Å². The molecule has 0 bridgehead atoms. The summed E-state index contributed by atoms with van der Waals surface area (Å²) < 4.78 is 57.3. The minimum absolute atomic E-state index is 0.282. The molecule has 1 heterocycles. The van der Waals surface area contributed by atoms with Crippen LogP contribution in [0.25, 0.3) is 0 Å². The number of ether oxygens (including phenoxy) is 1. The Morgan fingerprint density at radius 2 is 2.11 bits per heavy atom. The smallest absolute Gasteiger partial charge is 0.330 e. The molecule has 0 saturated carbocycles. The zero-order valence-corrected chi connectivity index (χ0v) is 16.9. The molecular weight excluding hydrogens is 446 g/mol. The second kappa shape index (κ2) is 9.51. The number of rotatable bonds is 9. The van der Waals surface area contributed by atoms with Gasteiger partial charge in [0, 0.05) is 19.2 Å². The van der Waals surface area contributed by atoms with E-state index in [1.807, 2.05) is 6.92 Å². The van der Waals surface area contributed by atoms with E-state index >= 15 is 0 Å². The van der Waals surface area contributed by atoms with Crippen LogP contribution >= 0.6 is 15.9 Å².